The van der Waals surface area contributed by atoms with Crippen molar-refractivity contribution >= 4 is 23.6 Å². The minimum absolute atomic E-state index is 0.413. The Balaban J connectivity index is 0.000000509. The van der Waals surface area contributed by atoms with Gasteiger partial charge in [0.2, 0.25) is 23.6 Å². The molecule has 0 radical (unpaired) electrons. The van der Waals surface area contributed by atoms with Gasteiger partial charge in [0.25, 0.3) is 0 Å². The molecule has 112 heavy (non-hydrogen) atoms. The van der Waals surface area contributed by atoms with Crippen LogP contribution in [0.15, 0.2) is 0 Å². The van der Waals surface area contributed by atoms with Gasteiger partial charge in [-0.1, -0.05) is 0 Å². The lowest BCUT2D eigenvalue weighted by molar-refractivity contribution is -0.396. The summed E-state index contributed by atoms with van der Waals surface area (Å²) >= 11 is 0. The summed E-state index contributed by atoms with van der Waals surface area (Å²) in [5.74, 6) is -2.82. The first-order valence-electron chi connectivity index (χ1n) is 35.9. The molecule has 0 aliphatic carbocycles. The zero-order valence-corrected chi connectivity index (χ0v) is 60.8. The Bertz CT molecular complexity index is 2920. The average molecular weight is 1640 g/mol. The monoisotopic (exact) mass is 1640 g/mol. The minimum Gasteiger partial charge on any atom is -0.394 e. The molecular formula is C63H108N4O45. The summed E-state index contributed by atoms with van der Waals surface area (Å²) in [6.45, 7) is -1.88. The highest BCUT2D eigenvalue weighted by Crippen LogP contribution is 2.39. The average Bonchev–Trinajstić information content (AvgIpc) is 0.766. The molecule has 9 aliphatic rings. The second-order valence-electron chi connectivity index (χ2n) is 28.3. The van der Waals surface area contributed by atoms with Gasteiger partial charge in [-0.3, -0.25) is 19.2 Å². The molecule has 18 unspecified atom stereocenters. The van der Waals surface area contributed by atoms with Gasteiger partial charge in [-0.25, -0.2) is 0 Å². The molecule has 44 atom stereocenters. The molecule has 0 aromatic carbocycles. The summed E-state index contributed by atoms with van der Waals surface area (Å²) in [7, 11) is 0. The third-order valence-electron chi connectivity index (χ3n) is 20.3. The molecule has 0 aromatic rings. The molecule has 0 bridgehead atoms. The number of carbonyl (C=O) groups is 4. The lowest BCUT2D eigenvalue weighted by Gasteiger charge is -2.51. The van der Waals surface area contributed by atoms with Gasteiger partial charge in [0.15, 0.2) is 50.3 Å². The Morgan fingerprint density at radius 1 is 0.286 bits per heavy atom. The first kappa shape index (κ1) is 93.7. The minimum atomic E-state index is -2.34. The molecule has 49 nitrogen and oxygen atoms in total. The Labute approximate surface area is 636 Å². The highest BCUT2D eigenvalue weighted by Gasteiger charge is 2.60. The maximum atomic E-state index is 12.8. The lowest BCUT2D eigenvalue weighted by Crippen LogP contribution is -2.70. The zero-order chi connectivity index (χ0) is 82.9. The topological polar surface area (TPSA) is 770 Å². The van der Waals surface area contributed by atoms with E-state index in [1.165, 1.54) is 13.8 Å². The number of ether oxygens (including phenoxy) is 16. The molecule has 9 heterocycles. The first-order valence-corrected chi connectivity index (χ1v) is 35.9. The molecule has 49 heteroatoms. The summed E-state index contributed by atoms with van der Waals surface area (Å²) in [6.07, 6.45) is -70.8. The highest BCUT2D eigenvalue weighted by atomic mass is 16.8. The van der Waals surface area contributed by atoms with E-state index in [9.17, 15) is 147 Å². The SMILES string of the molecule is CC(=O)NC1C(O)[C@H](O[C@@H]2OC(CO)[C@H](O)[C@H](O)C2O)[C@H](CO)O[C@H]1O.CC(=O)NC1[C@H](OC2C(O)[C@H](O)C(CO)O[C@@H]2O[C@@H]2C(O)[C@H](O[C@@H]3C(CO)O[C@@H](O[C@@H]4C(CO)O[C@@H](C)C(NC(C)=O)[C@H]4O)C(NC(C)=O)[C@H]3O)OC(CO[C@@H]3C[C@@H](O)[C@H](O)C(CO)O3)[C@H]2O)OC(CO)[C@@H](O[C@@H]2OC(CO)[C@H](O)[C@H](O)C2O)[C@@H]1O. The molecule has 9 fully saturated rings. The van der Waals surface area contributed by atoms with Crippen molar-refractivity contribution in [3.8, 4) is 0 Å². The Morgan fingerprint density at radius 2 is 0.598 bits per heavy atom. The molecular weight excluding hydrogens is 1530 g/mol. The fourth-order valence-electron chi connectivity index (χ4n) is 14.3. The summed E-state index contributed by atoms with van der Waals surface area (Å²) in [5.41, 5.74) is 0. The number of amides is 4. The fraction of sp³-hybridized carbons (Fsp3) is 0.937. The van der Waals surface area contributed by atoms with E-state index in [4.69, 9.17) is 75.8 Å². The predicted molar refractivity (Wildman–Crippen MR) is 349 cm³/mol. The molecule has 9 rings (SSSR count). The van der Waals surface area contributed by atoms with Crippen LogP contribution in [0, 0.1) is 0 Å². The van der Waals surface area contributed by atoms with Crippen LogP contribution in [-0.4, -0.2) is 481 Å². The number of rotatable bonds is 27. The third kappa shape index (κ3) is 21.6. The Kier molecular flexibility index (Phi) is 35.0. The van der Waals surface area contributed by atoms with Crippen molar-refractivity contribution in [3.63, 3.8) is 0 Å². The predicted octanol–water partition coefficient (Wildman–Crippen LogP) is -19.0. The second kappa shape index (κ2) is 41.8. The Hall–Kier alpha value is -3.76. The van der Waals surface area contributed by atoms with Gasteiger partial charge in [-0.15, -0.1) is 0 Å². The van der Waals surface area contributed by atoms with Gasteiger partial charge in [0.05, 0.1) is 77.7 Å². The van der Waals surface area contributed by atoms with E-state index in [2.05, 4.69) is 21.3 Å². The molecule has 9 saturated heterocycles. The van der Waals surface area contributed by atoms with Crippen LogP contribution < -0.4 is 21.3 Å². The number of aliphatic hydroxyl groups excluding tert-OH is 25. The number of carbonyl (C=O) groups excluding carboxylic acids is 4. The standard InChI is InChI=1S/C49H83N3O34.C14H25NO11/c1-13-26(50-14(2)59)33(67)40(21(9-56)75-13)82-45-27(51-15(3)60)34(68)42(23(11-58)79-45)84-48-39(73)43(32(66)24(81-48)12-74-25-5-17(62)29(63)18(6-53)76-25)85-49-44(37(71)31(65)20(8-55)78-49)86-46-28(52-16(4)61)35(69)41(22(10-57)80-46)83-47-38(72)36(70)30(64)19(7-54)77-47;1-4(18)15-7-9(20)12(6(3-17)24-13(7)23)26-14-11(22)10(21)8(19)5(2-16)25-14/h13,17-49,53-58,62-73H,5-12H2,1-4H3,(H,50,59)(H,51,60)(H,52,61);5-14,16-17,19-23H,2-3H2,1H3,(H,15,18)/t13-,17+,18?,19?,20?,21?,22?,23?,24?,25-,26?,27?,28?,29-,30-,31+,32+,33+,34+,35+,36-,37?,38?,39?,40+,41+,42+,43-,44?,45-,46-,47-,48-,49+;5?,6-,7?,8-,9?,10-,11?,12+,13+,14-/m00/s1. The molecule has 650 valence electrons. The van der Waals surface area contributed by atoms with Gasteiger partial charge in [0, 0.05) is 34.1 Å². The normalized spacial score (nSPS) is 48.1. The van der Waals surface area contributed by atoms with Crippen LogP contribution >= 0.6 is 0 Å². The molecule has 9 aliphatic heterocycles. The Morgan fingerprint density at radius 3 is 1.03 bits per heavy atom. The fourth-order valence-corrected chi connectivity index (χ4v) is 14.3. The van der Waals surface area contributed by atoms with Crippen molar-refractivity contribution in [2.75, 3.05) is 59.5 Å². The van der Waals surface area contributed by atoms with Gasteiger partial charge in [-0.2, -0.15) is 0 Å². The zero-order valence-electron chi connectivity index (χ0n) is 60.8. The summed E-state index contributed by atoms with van der Waals surface area (Å²) < 4.78 is 92.5. The van der Waals surface area contributed by atoms with Crippen LogP contribution in [0.2, 0.25) is 0 Å². The largest absolute Gasteiger partial charge is 0.394 e. The lowest BCUT2D eigenvalue weighted by atomic mass is 9.92. The summed E-state index contributed by atoms with van der Waals surface area (Å²) in [5, 5.41) is 275. The molecule has 29 N–H and O–H groups in total. The number of nitrogens with one attached hydrogen (secondary N) is 4. The molecule has 0 saturated carbocycles. The maximum absolute atomic E-state index is 12.8. The van der Waals surface area contributed by atoms with E-state index in [0.29, 0.717) is 0 Å². The van der Waals surface area contributed by atoms with Gasteiger partial charge < -0.3 is 225 Å². The van der Waals surface area contributed by atoms with Crippen molar-refractivity contribution in [1.82, 2.24) is 21.3 Å². The quantitative estimate of drug-likeness (QED) is 0.0363. The van der Waals surface area contributed by atoms with Crippen molar-refractivity contribution in [2.45, 2.75) is 311 Å². The number of aliphatic hydroxyl groups is 25. The van der Waals surface area contributed by atoms with Crippen LogP contribution in [0.1, 0.15) is 41.0 Å². The summed E-state index contributed by atoms with van der Waals surface area (Å²) in [4.78, 5) is 48.8. The van der Waals surface area contributed by atoms with Crippen LogP contribution in [0.3, 0.4) is 0 Å². The highest BCUT2D eigenvalue weighted by molar-refractivity contribution is 5.74. The second-order valence-corrected chi connectivity index (χ2v) is 28.3. The van der Waals surface area contributed by atoms with E-state index in [-0.39, 0.29) is 0 Å². The van der Waals surface area contributed by atoms with Crippen LogP contribution in [0.5, 0.6) is 0 Å². The van der Waals surface area contributed by atoms with Crippen molar-refractivity contribution in [2.24, 2.45) is 0 Å². The van der Waals surface area contributed by atoms with E-state index in [0.717, 1.165) is 20.8 Å². The van der Waals surface area contributed by atoms with Gasteiger partial charge >= 0.3 is 0 Å². The van der Waals surface area contributed by atoms with Crippen LogP contribution in [-0.2, 0) is 95.0 Å². The molecule has 0 spiro atoms. The van der Waals surface area contributed by atoms with E-state index >= 15 is 0 Å². The van der Waals surface area contributed by atoms with Gasteiger partial charge in [-0.05, 0) is 6.92 Å². The van der Waals surface area contributed by atoms with Crippen LogP contribution in [0.4, 0.5) is 0 Å². The smallest absolute Gasteiger partial charge is 0.217 e. The maximum Gasteiger partial charge on any atom is 0.217 e. The van der Waals surface area contributed by atoms with E-state index in [1.54, 1.807) is 0 Å². The first-order chi connectivity index (χ1) is 52.9. The van der Waals surface area contributed by atoms with Crippen molar-refractivity contribution in [1.29, 1.82) is 0 Å². The van der Waals surface area contributed by atoms with Crippen LogP contribution in [0.25, 0.3) is 0 Å². The van der Waals surface area contributed by atoms with Crippen molar-refractivity contribution in [3.05, 3.63) is 0 Å². The third-order valence-corrected chi connectivity index (χ3v) is 20.3. The number of hydrogen-bond donors (Lipinski definition) is 29. The van der Waals surface area contributed by atoms with E-state index < -0.39 is 359 Å². The molecule has 4 amide bonds. The molecule has 0 aromatic heterocycles. The van der Waals surface area contributed by atoms with Crippen molar-refractivity contribution < 1.29 is 223 Å². The van der Waals surface area contributed by atoms with E-state index in [1.807, 2.05) is 0 Å². The number of hydrogen-bond acceptors (Lipinski definition) is 45. The summed E-state index contributed by atoms with van der Waals surface area (Å²) in [6, 6.07) is -5.95. The van der Waals surface area contributed by atoms with Gasteiger partial charge in [0.1, 0.15) is 201 Å².